The van der Waals surface area contributed by atoms with Gasteiger partial charge in [-0.2, -0.15) is 9.61 Å². The standard InChI is InChI=1S/C16H16N6O3/c1-3-10-9(2)19-13-11(8-18-22(13)16(10)25)14(23)20-21-15(24)12-6-4-5-7-17-12/h4-8,19H,3H2,1-2H3,(H,20,23)(H,21,24). The second kappa shape index (κ2) is 6.56. The summed E-state index contributed by atoms with van der Waals surface area (Å²) in [5.41, 5.74) is 6.14. The summed E-state index contributed by atoms with van der Waals surface area (Å²) >= 11 is 0. The van der Waals surface area contributed by atoms with Crippen LogP contribution >= 0.6 is 0 Å². The van der Waals surface area contributed by atoms with E-state index < -0.39 is 11.8 Å². The fourth-order valence-corrected chi connectivity index (χ4v) is 2.49. The van der Waals surface area contributed by atoms with Crippen LogP contribution in [0.3, 0.4) is 0 Å². The van der Waals surface area contributed by atoms with E-state index in [0.717, 1.165) is 4.52 Å². The Bertz CT molecular complexity index is 1010. The molecule has 0 radical (unpaired) electrons. The first kappa shape index (κ1) is 16.4. The molecule has 3 N–H and O–H groups in total. The second-order valence-electron chi connectivity index (χ2n) is 5.33. The molecule has 0 saturated heterocycles. The van der Waals surface area contributed by atoms with Crippen LogP contribution in [0, 0.1) is 6.92 Å². The number of aromatic nitrogens is 4. The van der Waals surface area contributed by atoms with Gasteiger partial charge in [-0.15, -0.1) is 0 Å². The first-order chi connectivity index (χ1) is 12.0. The molecule has 0 unspecified atom stereocenters. The summed E-state index contributed by atoms with van der Waals surface area (Å²) in [7, 11) is 0. The number of carbonyl (C=O) groups is 2. The van der Waals surface area contributed by atoms with Gasteiger partial charge in [0.15, 0.2) is 0 Å². The summed E-state index contributed by atoms with van der Waals surface area (Å²) in [4.78, 5) is 43.5. The number of pyridine rings is 1. The van der Waals surface area contributed by atoms with Crippen LogP contribution in [0.4, 0.5) is 0 Å². The number of carbonyl (C=O) groups excluding carboxylic acids is 2. The van der Waals surface area contributed by atoms with Gasteiger partial charge in [-0.05, 0) is 25.5 Å². The summed E-state index contributed by atoms with van der Waals surface area (Å²) < 4.78 is 1.14. The minimum absolute atomic E-state index is 0.143. The van der Waals surface area contributed by atoms with Crippen molar-refractivity contribution in [2.24, 2.45) is 0 Å². The minimum Gasteiger partial charge on any atom is -0.343 e. The molecular weight excluding hydrogens is 324 g/mol. The van der Waals surface area contributed by atoms with Gasteiger partial charge in [0, 0.05) is 17.5 Å². The van der Waals surface area contributed by atoms with E-state index in [-0.39, 0.29) is 22.5 Å². The molecule has 2 amide bonds. The Morgan fingerprint density at radius 1 is 1.24 bits per heavy atom. The molecule has 0 atom stereocenters. The summed E-state index contributed by atoms with van der Waals surface area (Å²) in [5.74, 6) is -1.15. The number of hydrazine groups is 1. The van der Waals surface area contributed by atoms with Crippen LogP contribution in [0.5, 0.6) is 0 Å². The molecule has 0 aliphatic heterocycles. The van der Waals surface area contributed by atoms with Gasteiger partial charge in [-0.1, -0.05) is 13.0 Å². The molecule has 9 heteroatoms. The van der Waals surface area contributed by atoms with Crippen LogP contribution < -0.4 is 16.4 Å². The van der Waals surface area contributed by atoms with E-state index in [9.17, 15) is 14.4 Å². The molecule has 3 heterocycles. The second-order valence-corrected chi connectivity index (χ2v) is 5.33. The lowest BCUT2D eigenvalue weighted by atomic mass is 10.2. The summed E-state index contributed by atoms with van der Waals surface area (Å²) in [6.07, 6.45) is 3.30. The van der Waals surface area contributed by atoms with Crippen molar-refractivity contribution in [1.82, 2.24) is 30.4 Å². The summed E-state index contributed by atoms with van der Waals surface area (Å²) in [6, 6.07) is 4.86. The first-order valence-electron chi connectivity index (χ1n) is 7.64. The number of H-pyrrole nitrogens is 1. The fraction of sp³-hybridized carbons (Fsp3) is 0.188. The van der Waals surface area contributed by atoms with Gasteiger partial charge in [-0.25, -0.2) is 0 Å². The highest BCUT2D eigenvalue weighted by molar-refractivity contribution is 6.01. The third kappa shape index (κ3) is 2.99. The number of rotatable bonds is 3. The number of hydrogen-bond acceptors (Lipinski definition) is 5. The Balaban J connectivity index is 1.83. The number of aryl methyl sites for hydroxylation is 1. The average Bonchev–Trinajstić information content (AvgIpc) is 3.04. The molecule has 0 aromatic carbocycles. The van der Waals surface area contributed by atoms with Crippen LogP contribution in [0.2, 0.25) is 0 Å². The Morgan fingerprint density at radius 3 is 2.68 bits per heavy atom. The van der Waals surface area contributed by atoms with E-state index in [1.165, 1.54) is 18.5 Å². The number of nitrogens with one attached hydrogen (secondary N) is 3. The van der Waals surface area contributed by atoms with Gasteiger partial charge in [0.25, 0.3) is 17.4 Å². The van der Waals surface area contributed by atoms with E-state index in [4.69, 9.17) is 0 Å². The summed E-state index contributed by atoms with van der Waals surface area (Å²) in [5, 5.41) is 3.96. The van der Waals surface area contributed by atoms with Crippen molar-refractivity contribution in [2.45, 2.75) is 20.3 Å². The third-order valence-electron chi connectivity index (χ3n) is 3.76. The summed E-state index contributed by atoms with van der Waals surface area (Å²) in [6.45, 7) is 3.63. The van der Waals surface area contributed by atoms with Crippen molar-refractivity contribution in [3.8, 4) is 0 Å². The van der Waals surface area contributed by atoms with E-state index in [1.54, 1.807) is 19.1 Å². The van der Waals surface area contributed by atoms with Crippen molar-refractivity contribution in [1.29, 1.82) is 0 Å². The van der Waals surface area contributed by atoms with E-state index in [1.807, 2.05) is 6.92 Å². The zero-order valence-corrected chi connectivity index (χ0v) is 13.7. The van der Waals surface area contributed by atoms with Gasteiger partial charge in [-0.3, -0.25) is 30.2 Å². The number of nitrogens with zero attached hydrogens (tertiary/aromatic N) is 3. The van der Waals surface area contributed by atoms with Crippen molar-refractivity contribution in [3.63, 3.8) is 0 Å². The smallest absolute Gasteiger partial charge is 0.288 e. The maximum atomic E-state index is 12.3. The molecule has 3 rings (SSSR count). The SMILES string of the molecule is CCc1c(C)[nH]c2c(C(=O)NNC(=O)c3ccccn3)cnn2c1=O. The van der Waals surface area contributed by atoms with Gasteiger partial charge >= 0.3 is 0 Å². The molecule has 0 bridgehead atoms. The van der Waals surface area contributed by atoms with Crippen molar-refractivity contribution >= 4 is 17.5 Å². The lowest BCUT2D eigenvalue weighted by Gasteiger charge is -2.07. The quantitative estimate of drug-likeness (QED) is 0.595. The van der Waals surface area contributed by atoms with Crippen molar-refractivity contribution < 1.29 is 9.59 Å². The average molecular weight is 340 g/mol. The molecule has 25 heavy (non-hydrogen) atoms. The van der Waals surface area contributed by atoms with Gasteiger partial charge in [0.2, 0.25) is 0 Å². The Labute approximate surface area is 142 Å². The van der Waals surface area contributed by atoms with E-state index >= 15 is 0 Å². The topological polar surface area (TPSA) is 121 Å². The molecule has 128 valence electrons. The molecule has 0 aliphatic carbocycles. The van der Waals surface area contributed by atoms with Crippen molar-refractivity contribution in [2.75, 3.05) is 0 Å². The Kier molecular flexibility index (Phi) is 4.29. The number of fused-ring (bicyclic) bond motifs is 1. The molecule has 0 spiro atoms. The Morgan fingerprint density at radius 2 is 2.00 bits per heavy atom. The van der Waals surface area contributed by atoms with Gasteiger partial charge in [0.05, 0.1) is 6.20 Å². The maximum absolute atomic E-state index is 12.3. The number of amides is 2. The fourth-order valence-electron chi connectivity index (χ4n) is 2.49. The first-order valence-corrected chi connectivity index (χ1v) is 7.64. The van der Waals surface area contributed by atoms with Gasteiger partial charge < -0.3 is 4.98 Å². The zero-order chi connectivity index (χ0) is 18.0. The van der Waals surface area contributed by atoms with Gasteiger partial charge in [0.1, 0.15) is 16.9 Å². The van der Waals surface area contributed by atoms with E-state index in [2.05, 4.69) is 25.9 Å². The molecule has 0 fully saturated rings. The highest BCUT2D eigenvalue weighted by Gasteiger charge is 2.18. The highest BCUT2D eigenvalue weighted by atomic mass is 16.2. The zero-order valence-electron chi connectivity index (χ0n) is 13.7. The minimum atomic E-state index is -0.599. The molecule has 3 aromatic heterocycles. The molecule has 0 aliphatic rings. The lowest BCUT2D eigenvalue weighted by molar-refractivity contribution is 0.0844. The largest absolute Gasteiger partial charge is 0.343 e. The predicted molar refractivity (Wildman–Crippen MR) is 89.1 cm³/mol. The highest BCUT2D eigenvalue weighted by Crippen LogP contribution is 2.09. The molecule has 9 nitrogen and oxygen atoms in total. The third-order valence-corrected chi connectivity index (χ3v) is 3.76. The number of aromatic amines is 1. The lowest BCUT2D eigenvalue weighted by Crippen LogP contribution is -2.42. The van der Waals surface area contributed by atoms with E-state index in [0.29, 0.717) is 17.7 Å². The van der Waals surface area contributed by atoms with Crippen LogP contribution in [-0.4, -0.2) is 31.4 Å². The maximum Gasteiger partial charge on any atom is 0.288 e. The van der Waals surface area contributed by atoms with Crippen LogP contribution in [0.1, 0.15) is 39.0 Å². The molecule has 0 saturated carbocycles. The van der Waals surface area contributed by atoms with Crippen LogP contribution in [0.25, 0.3) is 5.65 Å². The molecular formula is C16H16N6O3. The normalized spacial score (nSPS) is 10.6. The number of hydrogen-bond donors (Lipinski definition) is 3. The van der Waals surface area contributed by atoms with Crippen molar-refractivity contribution in [3.05, 3.63) is 63.5 Å². The Hall–Kier alpha value is -3.49. The molecule has 3 aromatic rings. The van der Waals surface area contributed by atoms with Crippen LogP contribution in [-0.2, 0) is 6.42 Å². The monoisotopic (exact) mass is 340 g/mol. The predicted octanol–water partition coefficient (Wildman–Crippen LogP) is 0.363. The van der Waals surface area contributed by atoms with Crippen LogP contribution in [0.15, 0.2) is 35.4 Å².